The lowest BCUT2D eigenvalue weighted by Gasteiger charge is -2.35. The number of nitrogens with one attached hydrogen (secondary N) is 1. The monoisotopic (exact) mass is 522 g/mol. The lowest BCUT2D eigenvalue weighted by molar-refractivity contribution is -0.0241. The minimum atomic E-state index is -0.199. The first-order valence-corrected chi connectivity index (χ1v) is 13.9. The minimum absolute atomic E-state index is 0.0301. The van der Waals surface area contributed by atoms with Crippen molar-refractivity contribution in [1.29, 1.82) is 0 Å². The summed E-state index contributed by atoms with van der Waals surface area (Å²) in [5, 5.41) is 8.19. The number of carbonyl (C=O) groups is 1. The predicted octanol–water partition coefficient (Wildman–Crippen LogP) is 7.05. The van der Waals surface area contributed by atoms with Gasteiger partial charge in [-0.3, -0.25) is 4.79 Å². The first-order valence-electron chi connectivity index (χ1n) is 13.9. The van der Waals surface area contributed by atoms with Crippen LogP contribution < -0.4 is 5.32 Å². The Balaban J connectivity index is 1.27. The lowest BCUT2D eigenvalue weighted by Crippen LogP contribution is -2.41. The van der Waals surface area contributed by atoms with E-state index in [2.05, 4.69) is 66.4 Å². The third-order valence-corrected chi connectivity index (χ3v) is 7.71. The van der Waals surface area contributed by atoms with E-state index in [-0.39, 0.29) is 30.2 Å². The predicted molar refractivity (Wildman–Crippen MR) is 157 cm³/mol. The van der Waals surface area contributed by atoms with E-state index in [0.29, 0.717) is 18.7 Å². The summed E-state index contributed by atoms with van der Waals surface area (Å²) >= 11 is 0. The topological polar surface area (TPSA) is 59.4 Å². The van der Waals surface area contributed by atoms with Crippen LogP contribution in [0.3, 0.4) is 0 Å². The molecule has 6 nitrogen and oxygen atoms in total. The van der Waals surface area contributed by atoms with Gasteiger partial charge >= 0.3 is 0 Å². The summed E-state index contributed by atoms with van der Waals surface area (Å²) in [6, 6.07) is 21.0. The molecular weight excluding hydrogens is 484 g/mol. The van der Waals surface area contributed by atoms with E-state index < -0.39 is 0 Å². The molecule has 0 aliphatic carbocycles. The van der Waals surface area contributed by atoms with Gasteiger partial charge in [0.15, 0.2) is 0 Å². The van der Waals surface area contributed by atoms with E-state index in [0.717, 1.165) is 36.2 Å². The van der Waals surface area contributed by atoms with Gasteiger partial charge in [0, 0.05) is 13.1 Å². The number of benzene rings is 2. The van der Waals surface area contributed by atoms with Gasteiger partial charge in [0.05, 0.1) is 24.4 Å². The van der Waals surface area contributed by atoms with Gasteiger partial charge in [0.1, 0.15) is 17.5 Å². The molecule has 202 valence electrons. The summed E-state index contributed by atoms with van der Waals surface area (Å²) < 4.78 is 8.63. The van der Waals surface area contributed by atoms with Crippen molar-refractivity contribution in [2.75, 3.05) is 18.4 Å². The summed E-state index contributed by atoms with van der Waals surface area (Å²) in [5.41, 5.74) is 4.00. The van der Waals surface area contributed by atoms with Gasteiger partial charge in [0.25, 0.3) is 5.91 Å². The standard InChI is InChI=1S/C33H38N4O2/c1-4-6-13-25(5-2)31(27-16-11-8-12-17-27)39-28-18-20-36(21-19-28)33(38)29-23-34-37-24(3)22-30(35-32(29)37)26-14-9-7-10-15-26/h4-17,23-24,28,30-31,35H,2,18-22H2,1,3H3/b6-4-,25-13+. The molecule has 5 rings (SSSR count). The van der Waals surface area contributed by atoms with Crippen molar-refractivity contribution < 1.29 is 9.53 Å². The summed E-state index contributed by atoms with van der Waals surface area (Å²) in [6.45, 7) is 9.49. The summed E-state index contributed by atoms with van der Waals surface area (Å²) in [5.74, 6) is 0.849. The van der Waals surface area contributed by atoms with Crippen molar-refractivity contribution in [3.8, 4) is 0 Å². The van der Waals surface area contributed by atoms with Crippen LogP contribution in [0.1, 0.15) is 72.8 Å². The third kappa shape index (κ3) is 5.91. The van der Waals surface area contributed by atoms with Gasteiger partial charge in [-0.15, -0.1) is 0 Å². The second-order valence-electron chi connectivity index (χ2n) is 10.4. The van der Waals surface area contributed by atoms with Crippen molar-refractivity contribution in [3.63, 3.8) is 0 Å². The first-order chi connectivity index (χ1) is 19.1. The number of nitrogens with zero attached hydrogens (tertiary/aromatic N) is 3. The highest BCUT2D eigenvalue weighted by atomic mass is 16.5. The first kappa shape index (κ1) is 26.7. The molecule has 1 fully saturated rings. The Morgan fingerprint density at radius 2 is 1.79 bits per heavy atom. The van der Waals surface area contributed by atoms with Crippen molar-refractivity contribution in [3.05, 3.63) is 120 Å². The van der Waals surface area contributed by atoms with Gasteiger partial charge < -0.3 is 15.0 Å². The Bertz CT molecular complexity index is 1320. The zero-order chi connectivity index (χ0) is 27.2. The molecule has 3 atom stereocenters. The van der Waals surface area contributed by atoms with Crippen LogP contribution in [-0.4, -0.2) is 39.8 Å². The van der Waals surface area contributed by atoms with Crippen LogP contribution in [0.25, 0.3) is 0 Å². The molecule has 6 heteroatoms. The second-order valence-corrected chi connectivity index (χ2v) is 10.4. The number of rotatable bonds is 8. The van der Waals surface area contributed by atoms with Gasteiger partial charge in [-0.05, 0) is 49.8 Å². The molecule has 0 bridgehead atoms. The average Bonchev–Trinajstić information content (AvgIpc) is 3.42. The molecule has 3 heterocycles. The molecule has 3 aromatic rings. The highest BCUT2D eigenvalue weighted by molar-refractivity contribution is 5.99. The number of likely N-dealkylation sites (tertiary alicyclic amines) is 1. The Kier molecular flexibility index (Phi) is 8.42. The van der Waals surface area contributed by atoms with Gasteiger partial charge in [0.2, 0.25) is 0 Å². The number of piperidine rings is 1. The molecule has 2 aliphatic heterocycles. The van der Waals surface area contributed by atoms with Gasteiger partial charge in [-0.1, -0.05) is 91.5 Å². The molecule has 0 spiro atoms. The van der Waals surface area contributed by atoms with Crippen molar-refractivity contribution in [2.24, 2.45) is 0 Å². The molecule has 39 heavy (non-hydrogen) atoms. The van der Waals surface area contributed by atoms with Crippen molar-refractivity contribution in [1.82, 2.24) is 14.7 Å². The van der Waals surface area contributed by atoms with Crippen LogP contribution in [0, 0.1) is 0 Å². The van der Waals surface area contributed by atoms with Gasteiger partial charge in [-0.2, -0.15) is 5.10 Å². The molecule has 1 amide bonds. The lowest BCUT2D eigenvalue weighted by atomic mass is 9.97. The number of amides is 1. The van der Waals surface area contributed by atoms with Crippen LogP contribution in [-0.2, 0) is 4.74 Å². The fourth-order valence-corrected chi connectivity index (χ4v) is 5.57. The molecule has 1 N–H and O–H groups in total. The highest BCUT2D eigenvalue weighted by Crippen LogP contribution is 2.37. The average molecular weight is 523 g/mol. The molecule has 3 unspecified atom stereocenters. The maximum absolute atomic E-state index is 13.7. The van der Waals surface area contributed by atoms with E-state index in [1.165, 1.54) is 5.56 Å². The van der Waals surface area contributed by atoms with E-state index in [1.54, 1.807) is 6.20 Å². The zero-order valence-electron chi connectivity index (χ0n) is 22.9. The van der Waals surface area contributed by atoms with Crippen molar-refractivity contribution >= 4 is 11.7 Å². The fourth-order valence-electron chi connectivity index (χ4n) is 5.57. The summed E-state index contributed by atoms with van der Waals surface area (Å²) in [7, 11) is 0. The number of hydrogen-bond donors (Lipinski definition) is 1. The molecule has 2 aliphatic rings. The molecule has 0 radical (unpaired) electrons. The Morgan fingerprint density at radius 3 is 2.46 bits per heavy atom. The van der Waals surface area contributed by atoms with Crippen LogP contribution in [0.15, 0.2) is 103 Å². The smallest absolute Gasteiger partial charge is 0.259 e. The fraction of sp³-hybridized carbons (Fsp3) is 0.333. The number of aromatic nitrogens is 2. The SMILES string of the molecule is C=C/C(=C\C=C/C)C(OC1CCN(C(=O)c2cnn3c2NC(c2ccccc2)CC3C)CC1)c1ccccc1. The van der Waals surface area contributed by atoms with E-state index in [4.69, 9.17) is 4.74 Å². The summed E-state index contributed by atoms with van der Waals surface area (Å²) in [6.07, 6.45) is 12.0. The third-order valence-electron chi connectivity index (χ3n) is 7.71. The quantitative estimate of drug-likeness (QED) is 0.322. The van der Waals surface area contributed by atoms with E-state index in [1.807, 2.05) is 59.0 Å². The molecule has 1 aromatic heterocycles. The number of hydrogen-bond acceptors (Lipinski definition) is 4. The Hall–Kier alpha value is -3.90. The van der Waals surface area contributed by atoms with E-state index in [9.17, 15) is 4.79 Å². The number of allylic oxidation sites excluding steroid dienone is 3. The van der Waals surface area contributed by atoms with Crippen LogP contribution in [0.5, 0.6) is 0 Å². The largest absolute Gasteiger partial charge is 0.365 e. The van der Waals surface area contributed by atoms with Crippen LogP contribution in [0.4, 0.5) is 5.82 Å². The number of fused-ring (bicyclic) bond motifs is 1. The maximum Gasteiger partial charge on any atom is 0.259 e. The molecule has 1 saturated heterocycles. The van der Waals surface area contributed by atoms with Crippen LogP contribution >= 0.6 is 0 Å². The zero-order valence-corrected chi connectivity index (χ0v) is 22.9. The number of ether oxygens (including phenoxy) is 1. The number of carbonyl (C=O) groups excluding carboxylic acids is 1. The normalized spacial score (nSPS) is 20.9. The van der Waals surface area contributed by atoms with Gasteiger partial charge in [-0.25, -0.2) is 4.68 Å². The highest BCUT2D eigenvalue weighted by Gasteiger charge is 2.33. The van der Waals surface area contributed by atoms with Crippen molar-refractivity contribution in [2.45, 2.75) is 57.4 Å². The molecule has 0 saturated carbocycles. The number of anilines is 1. The van der Waals surface area contributed by atoms with Crippen LogP contribution in [0.2, 0.25) is 0 Å². The maximum atomic E-state index is 13.7. The molecular formula is C33H38N4O2. The summed E-state index contributed by atoms with van der Waals surface area (Å²) in [4.78, 5) is 15.6. The molecule has 2 aromatic carbocycles. The Morgan fingerprint density at radius 1 is 1.10 bits per heavy atom. The second kappa shape index (κ2) is 12.3. The Labute approximate surface area is 231 Å². The minimum Gasteiger partial charge on any atom is -0.365 e. The van der Waals surface area contributed by atoms with E-state index >= 15 is 0 Å².